The van der Waals surface area contributed by atoms with E-state index >= 15 is 0 Å². The van der Waals surface area contributed by atoms with Crippen molar-refractivity contribution in [1.82, 2.24) is 4.90 Å². The molecule has 4 heteroatoms. The summed E-state index contributed by atoms with van der Waals surface area (Å²) in [6.45, 7) is 3.87. The third-order valence-corrected chi connectivity index (χ3v) is 2.65. The second kappa shape index (κ2) is 6.00. The van der Waals surface area contributed by atoms with Gasteiger partial charge >= 0.3 is 5.97 Å². The zero-order valence-electron chi connectivity index (χ0n) is 10.8. The van der Waals surface area contributed by atoms with Crippen LogP contribution in [-0.2, 0) is 4.79 Å². The van der Waals surface area contributed by atoms with Crippen molar-refractivity contribution in [2.75, 3.05) is 7.05 Å². The van der Waals surface area contributed by atoms with Crippen molar-refractivity contribution < 1.29 is 14.7 Å². The van der Waals surface area contributed by atoms with Crippen molar-refractivity contribution in [3.63, 3.8) is 0 Å². The second-order valence-electron chi connectivity index (χ2n) is 4.31. The largest absolute Gasteiger partial charge is 0.478 e. The van der Waals surface area contributed by atoms with Crippen LogP contribution in [-0.4, -0.2) is 35.0 Å². The van der Waals surface area contributed by atoms with Gasteiger partial charge in [0, 0.05) is 24.7 Å². The van der Waals surface area contributed by atoms with Gasteiger partial charge in [0.15, 0.2) is 0 Å². The van der Waals surface area contributed by atoms with Gasteiger partial charge in [-0.15, -0.1) is 0 Å². The Labute approximate surface area is 107 Å². The highest BCUT2D eigenvalue weighted by atomic mass is 16.4. The third kappa shape index (κ3) is 3.73. The van der Waals surface area contributed by atoms with Gasteiger partial charge in [-0.2, -0.15) is 0 Å². The fourth-order valence-corrected chi connectivity index (χ4v) is 1.38. The lowest BCUT2D eigenvalue weighted by molar-refractivity contribution is -0.131. The van der Waals surface area contributed by atoms with E-state index in [1.54, 1.807) is 36.2 Å². The van der Waals surface area contributed by atoms with E-state index in [9.17, 15) is 9.59 Å². The average molecular weight is 247 g/mol. The Bertz CT molecular complexity index is 478. The Hall–Kier alpha value is -2.10. The molecule has 0 radical (unpaired) electrons. The lowest BCUT2D eigenvalue weighted by Crippen LogP contribution is -2.32. The molecule has 0 bridgehead atoms. The molecule has 0 fully saturated rings. The van der Waals surface area contributed by atoms with E-state index in [1.807, 2.05) is 13.8 Å². The maximum absolute atomic E-state index is 12.1. The van der Waals surface area contributed by atoms with E-state index < -0.39 is 5.97 Å². The molecule has 0 aliphatic heterocycles. The lowest BCUT2D eigenvalue weighted by atomic mass is 10.1. The van der Waals surface area contributed by atoms with Crippen LogP contribution in [0.4, 0.5) is 0 Å². The number of carboxylic acid groups (broad SMARTS) is 1. The van der Waals surface area contributed by atoms with Crippen LogP contribution in [0.5, 0.6) is 0 Å². The summed E-state index contributed by atoms with van der Waals surface area (Å²) in [5.41, 5.74) is 1.25. The second-order valence-corrected chi connectivity index (χ2v) is 4.31. The number of hydrogen-bond donors (Lipinski definition) is 1. The summed E-state index contributed by atoms with van der Waals surface area (Å²) in [5, 5.41) is 8.55. The molecule has 1 N–H and O–H groups in total. The number of carbonyl (C=O) groups excluding carboxylic acids is 1. The smallest absolute Gasteiger partial charge is 0.328 e. The first-order valence-electron chi connectivity index (χ1n) is 5.70. The van der Waals surface area contributed by atoms with Gasteiger partial charge in [0.2, 0.25) is 0 Å². The average Bonchev–Trinajstić information content (AvgIpc) is 2.34. The topological polar surface area (TPSA) is 57.6 Å². The summed E-state index contributed by atoms with van der Waals surface area (Å²) in [6.07, 6.45) is 2.52. The van der Waals surface area contributed by atoms with Gasteiger partial charge in [-0.1, -0.05) is 12.1 Å². The van der Waals surface area contributed by atoms with Crippen LogP contribution in [0.15, 0.2) is 30.3 Å². The van der Waals surface area contributed by atoms with Crippen molar-refractivity contribution in [3.05, 3.63) is 41.5 Å². The number of carbonyl (C=O) groups is 2. The molecule has 1 aromatic rings. The summed E-state index contributed by atoms with van der Waals surface area (Å²) in [5.74, 6) is -1.08. The first-order valence-corrected chi connectivity index (χ1v) is 5.70. The van der Waals surface area contributed by atoms with Crippen molar-refractivity contribution in [2.24, 2.45) is 0 Å². The molecule has 0 atom stereocenters. The minimum Gasteiger partial charge on any atom is -0.478 e. The summed E-state index contributed by atoms with van der Waals surface area (Å²) >= 11 is 0. The maximum Gasteiger partial charge on any atom is 0.328 e. The quantitative estimate of drug-likeness (QED) is 0.830. The molecule has 0 aromatic heterocycles. The minimum atomic E-state index is -1.01. The normalized spacial score (nSPS) is 10.9. The van der Waals surface area contributed by atoms with Gasteiger partial charge in [-0.3, -0.25) is 4.79 Å². The molecule has 0 saturated carbocycles. The monoisotopic (exact) mass is 247 g/mol. The molecular formula is C14H17NO3. The minimum absolute atomic E-state index is 0.0735. The number of carboxylic acids is 1. The van der Waals surface area contributed by atoms with Crippen LogP contribution in [0.1, 0.15) is 29.8 Å². The number of benzene rings is 1. The van der Waals surface area contributed by atoms with Gasteiger partial charge in [0.25, 0.3) is 5.91 Å². The van der Waals surface area contributed by atoms with Gasteiger partial charge in [0.1, 0.15) is 0 Å². The summed E-state index contributed by atoms with van der Waals surface area (Å²) < 4.78 is 0. The zero-order valence-corrected chi connectivity index (χ0v) is 10.8. The Kier molecular flexibility index (Phi) is 4.66. The summed E-state index contributed by atoms with van der Waals surface area (Å²) in [6, 6.07) is 7.02. The molecule has 1 rings (SSSR count). The van der Waals surface area contributed by atoms with E-state index in [1.165, 1.54) is 6.08 Å². The molecule has 0 saturated heterocycles. The highest BCUT2D eigenvalue weighted by molar-refractivity contribution is 5.95. The number of hydrogen-bond acceptors (Lipinski definition) is 2. The molecule has 96 valence electrons. The Balaban J connectivity index is 2.95. The van der Waals surface area contributed by atoms with E-state index in [4.69, 9.17) is 5.11 Å². The number of amides is 1. The van der Waals surface area contributed by atoms with Crippen molar-refractivity contribution in [3.8, 4) is 0 Å². The standard InChI is InChI=1S/C14H17NO3/c1-10(2)15(3)14(18)12-6-4-5-11(9-12)7-8-13(16)17/h4-10H,1-3H3,(H,16,17). The molecule has 0 aliphatic rings. The summed E-state index contributed by atoms with van der Waals surface area (Å²) in [7, 11) is 1.74. The maximum atomic E-state index is 12.1. The molecular weight excluding hydrogens is 230 g/mol. The van der Waals surface area contributed by atoms with Crippen LogP contribution >= 0.6 is 0 Å². The molecule has 1 aromatic carbocycles. The predicted molar refractivity (Wildman–Crippen MR) is 70.3 cm³/mol. The molecule has 0 unspecified atom stereocenters. The van der Waals surface area contributed by atoms with Crippen LogP contribution < -0.4 is 0 Å². The number of aliphatic carboxylic acids is 1. The molecule has 0 heterocycles. The molecule has 4 nitrogen and oxygen atoms in total. The predicted octanol–water partition coefficient (Wildman–Crippen LogP) is 2.26. The van der Waals surface area contributed by atoms with Crippen molar-refractivity contribution in [2.45, 2.75) is 19.9 Å². The van der Waals surface area contributed by atoms with Crippen LogP contribution in [0.2, 0.25) is 0 Å². The fraction of sp³-hybridized carbons (Fsp3) is 0.286. The van der Waals surface area contributed by atoms with Crippen LogP contribution in [0, 0.1) is 0 Å². The van der Waals surface area contributed by atoms with Crippen LogP contribution in [0.3, 0.4) is 0 Å². The fourth-order valence-electron chi connectivity index (χ4n) is 1.38. The van der Waals surface area contributed by atoms with Gasteiger partial charge in [-0.25, -0.2) is 4.79 Å². The molecule has 0 spiro atoms. The van der Waals surface area contributed by atoms with E-state index in [0.29, 0.717) is 11.1 Å². The third-order valence-electron chi connectivity index (χ3n) is 2.65. The molecule has 0 aliphatic carbocycles. The molecule has 18 heavy (non-hydrogen) atoms. The first kappa shape index (κ1) is 14.0. The highest BCUT2D eigenvalue weighted by Crippen LogP contribution is 2.10. The van der Waals surface area contributed by atoms with E-state index in [0.717, 1.165) is 6.08 Å². The molecule has 1 amide bonds. The highest BCUT2D eigenvalue weighted by Gasteiger charge is 2.13. The number of nitrogens with zero attached hydrogens (tertiary/aromatic N) is 1. The van der Waals surface area contributed by atoms with Gasteiger partial charge in [-0.05, 0) is 37.6 Å². The number of rotatable bonds is 4. The van der Waals surface area contributed by atoms with E-state index in [-0.39, 0.29) is 11.9 Å². The van der Waals surface area contributed by atoms with Crippen molar-refractivity contribution >= 4 is 18.0 Å². The van der Waals surface area contributed by atoms with E-state index in [2.05, 4.69) is 0 Å². The Morgan fingerprint density at radius 3 is 2.56 bits per heavy atom. The Morgan fingerprint density at radius 2 is 2.00 bits per heavy atom. The zero-order chi connectivity index (χ0) is 13.7. The lowest BCUT2D eigenvalue weighted by Gasteiger charge is -2.21. The van der Waals surface area contributed by atoms with Gasteiger partial charge < -0.3 is 10.0 Å². The summed E-state index contributed by atoms with van der Waals surface area (Å²) in [4.78, 5) is 24.1. The Morgan fingerprint density at radius 1 is 1.33 bits per heavy atom. The van der Waals surface area contributed by atoms with Crippen molar-refractivity contribution in [1.29, 1.82) is 0 Å². The van der Waals surface area contributed by atoms with Crippen LogP contribution in [0.25, 0.3) is 6.08 Å². The SMILES string of the molecule is CC(C)N(C)C(=O)c1cccc(C=CC(=O)O)c1. The first-order chi connectivity index (χ1) is 8.41. The van der Waals surface area contributed by atoms with Gasteiger partial charge in [0.05, 0.1) is 0 Å².